The van der Waals surface area contributed by atoms with Gasteiger partial charge >= 0.3 is 5.97 Å². The maximum Gasteiger partial charge on any atom is 0.318 e. The lowest BCUT2D eigenvalue weighted by Gasteiger charge is -2.20. The lowest BCUT2D eigenvalue weighted by Crippen LogP contribution is -2.38. The minimum atomic E-state index is -1.60. The van der Waals surface area contributed by atoms with Crippen LogP contribution in [0.4, 0.5) is 5.69 Å². The first-order valence-electron chi connectivity index (χ1n) is 5.46. The molecule has 0 spiro atoms. The maximum absolute atomic E-state index is 12.0. The third-order valence-electron chi connectivity index (χ3n) is 2.71. The Kier molecular flexibility index (Phi) is 4.12. The number of nitriles is 1. The second kappa shape index (κ2) is 5.40. The van der Waals surface area contributed by atoms with E-state index in [-0.39, 0.29) is 11.3 Å². The molecule has 6 heteroatoms. The van der Waals surface area contributed by atoms with Crippen LogP contribution in [-0.2, 0) is 9.59 Å². The number of para-hydroxylation sites is 1. The van der Waals surface area contributed by atoms with E-state index in [0.29, 0.717) is 5.75 Å². The minimum Gasteiger partial charge on any atom is -0.495 e. The number of aliphatic carboxylic acids is 1. The van der Waals surface area contributed by atoms with Crippen LogP contribution in [0.1, 0.15) is 19.4 Å². The Morgan fingerprint density at radius 1 is 1.42 bits per heavy atom. The highest BCUT2D eigenvalue weighted by Gasteiger charge is 2.36. The fourth-order valence-electron chi connectivity index (χ4n) is 1.29. The van der Waals surface area contributed by atoms with Crippen LogP contribution >= 0.6 is 0 Å². The first-order chi connectivity index (χ1) is 8.84. The van der Waals surface area contributed by atoms with E-state index in [1.165, 1.54) is 27.0 Å². The summed E-state index contributed by atoms with van der Waals surface area (Å²) in [5.41, 5.74) is -1.23. The summed E-state index contributed by atoms with van der Waals surface area (Å²) in [6.07, 6.45) is 0. The van der Waals surface area contributed by atoms with E-state index < -0.39 is 17.3 Å². The highest BCUT2D eigenvalue weighted by Crippen LogP contribution is 2.29. The minimum absolute atomic E-state index is 0.173. The molecule has 0 atom stereocenters. The number of hydrogen-bond donors (Lipinski definition) is 2. The van der Waals surface area contributed by atoms with Crippen LogP contribution in [0.5, 0.6) is 5.75 Å². The van der Waals surface area contributed by atoms with Crippen LogP contribution in [0.2, 0.25) is 0 Å². The molecule has 2 N–H and O–H groups in total. The zero-order valence-electron chi connectivity index (χ0n) is 10.9. The molecule has 0 aliphatic rings. The zero-order chi connectivity index (χ0) is 14.6. The summed E-state index contributed by atoms with van der Waals surface area (Å²) >= 11 is 0. The predicted molar refractivity (Wildman–Crippen MR) is 67.8 cm³/mol. The van der Waals surface area contributed by atoms with Crippen LogP contribution in [0.15, 0.2) is 18.2 Å². The molecule has 0 aromatic heterocycles. The molecule has 0 bridgehead atoms. The molecule has 0 saturated carbocycles. The molecule has 0 fully saturated rings. The van der Waals surface area contributed by atoms with Gasteiger partial charge in [0.1, 0.15) is 22.9 Å². The Hall–Kier alpha value is -2.55. The van der Waals surface area contributed by atoms with Crippen molar-refractivity contribution in [2.24, 2.45) is 5.41 Å². The second-order valence-corrected chi connectivity index (χ2v) is 4.38. The molecule has 0 heterocycles. The van der Waals surface area contributed by atoms with Crippen molar-refractivity contribution < 1.29 is 19.4 Å². The standard InChI is InChI=1S/C13H14N2O4/c1-13(2,12(17)18)11(16)15-10-8(7-14)5-4-6-9(10)19-3/h4-6H,1-3H3,(H,15,16)(H,17,18). The smallest absolute Gasteiger partial charge is 0.318 e. The Labute approximate surface area is 110 Å². The third kappa shape index (κ3) is 2.83. The highest BCUT2D eigenvalue weighted by atomic mass is 16.5. The molecule has 1 amide bonds. The molecular weight excluding hydrogens is 248 g/mol. The summed E-state index contributed by atoms with van der Waals surface area (Å²) < 4.78 is 5.05. The van der Waals surface area contributed by atoms with E-state index in [4.69, 9.17) is 15.1 Å². The Morgan fingerprint density at radius 2 is 2.05 bits per heavy atom. The van der Waals surface area contributed by atoms with Gasteiger partial charge in [-0.2, -0.15) is 5.26 Å². The molecule has 0 aliphatic heterocycles. The lowest BCUT2D eigenvalue weighted by atomic mass is 9.92. The Balaban J connectivity index is 3.17. The van der Waals surface area contributed by atoms with Crippen LogP contribution in [0.3, 0.4) is 0 Å². The van der Waals surface area contributed by atoms with E-state index in [1.54, 1.807) is 12.1 Å². The number of amides is 1. The molecule has 0 aliphatic carbocycles. The van der Waals surface area contributed by atoms with Gasteiger partial charge in [-0.15, -0.1) is 0 Å². The van der Waals surface area contributed by atoms with E-state index in [2.05, 4.69) is 5.32 Å². The number of nitrogens with one attached hydrogen (secondary N) is 1. The van der Waals surface area contributed by atoms with Crippen molar-refractivity contribution in [1.82, 2.24) is 0 Å². The molecule has 100 valence electrons. The number of nitrogens with zero attached hydrogens (tertiary/aromatic N) is 1. The lowest BCUT2D eigenvalue weighted by molar-refractivity contribution is -0.151. The van der Waals surface area contributed by atoms with Gasteiger partial charge in [0.25, 0.3) is 0 Å². The number of carbonyl (C=O) groups excluding carboxylic acids is 1. The van der Waals surface area contributed by atoms with Crippen molar-refractivity contribution in [3.63, 3.8) is 0 Å². The number of benzene rings is 1. The molecule has 1 aromatic rings. The predicted octanol–water partition coefficient (Wildman–Crippen LogP) is 1.62. The average Bonchev–Trinajstić information content (AvgIpc) is 2.38. The van der Waals surface area contributed by atoms with Gasteiger partial charge in [0.2, 0.25) is 5.91 Å². The molecule has 19 heavy (non-hydrogen) atoms. The fourth-order valence-corrected chi connectivity index (χ4v) is 1.29. The van der Waals surface area contributed by atoms with Crippen molar-refractivity contribution in [3.8, 4) is 11.8 Å². The molecule has 0 radical (unpaired) electrons. The average molecular weight is 262 g/mol. The number of methoxy groups -OCH3 is 1. The van der Waals surface area contributed by atoms with Crippen molar-refractivity contribution in [1.29, 1.82) is 5.26 Å². The SMILES string of the molecule is COc1cccc(C#N)c1NC(=O)C(C)(C)C(=O)O. The second-order valence-electron chi connectivity index (χ2n) is 4.38. The number of rotatable bonds is 4. The maximum atomic E-state index is 12.0. The van der Waals surface area contributed by atoms with Gasteiger partial charge in [-0.3, -0.25) is 9.59 Å². The number of carbonyl (C=O) groups is 2. The third-order valence-corrected chi connectivity index (χ3v) is 2.71. The van der Waals surface area contributed by atoms with E-state index in [1.807, 2.05) is 6.07 Å². The monoisotopic (exact) mass is 262 g/mol. The van der Waals surface area contributed by atoms with Crippen molar-refractivity contribution >= 4 is 17.6 Å². The highest BCUT2D eigenvalue weighted by molar-refractivity contribution is 6.08. The summed E-state index contributed by atoms with van der Waals surface area (Å²) in [7, 11) is 1.40. The quantitative estimate of drug-likeness (QED) is 0.803. The van der Waals surface area contributed by atoms with Gasteiger partial charge in [-0.1, -0.05) is 6.07 Å². The van der Waals surface area contributed by atoms with Gasteiger partial charge in [-0.05, 0) is 26.0 Å². The Morgan fingerprint density at radius 3 is 2.53 bits per heavy atom. The molecule has 1 aromatic carbocycles. The van der Waals surface area contributed by atoms with Gasteiger partial charge in [0.05, 0.1) is 12.7 Å². The van der Waals surface area contributed by atoms with Crippen molar-refractivity contribution in [2.45, 2.75) is 13.8 Å². The number of carboxylic acid groups (broad SMARTS) is 1. The Bertz CT molecular complexity index is 558. The summed E-state index contributed by atoms with van der Waals surface area (Å²) in [5, 5.41) is 20.4. The molecule has 0 saturated heterocycles. The van der Waals surface area contributed by atoms with Crippen LogP contribution in [0, 0.1) is 16.7 Å². The summed E-state index contributed by atoms with van der Waals surface area (Å²) in [6.45, 7) is 2.57. The summed E-state index contributed by atoms with van der Waals surface area (Å²) in [6, 6.07) is 6.60. The molecule has 0 unspecified atom stereocenters. The first kappa shape index (κ1) is 14.5. The number of hydrogen-bond acceptors (Lipinski definition) is 4. The van der Waals surface area contributed by atoms with Crippen molar-refractivity contribution in [2.75, 3.05) is 12.4 Å². The van der Waals surface area contributed by atoms with Crippen LogP contribution in [-0.4, -0.2) is 24.1 Å². The van der Waals surface area contributed by atoms with Gasteiger partial charge in [0, 0.05) is 0 Å². The summed E-state index contributed by atoms with van der Waals surface area (Å²) in [5.74, 6) is -1.67. The van der Waals surface area contributed by atoms with E-state index in [9.17, 15) is 9.59 Å². The van der Waals surface area contributed by atoms with Gasteiger partial charge < -0.3 is 15.2 Å². The van der Waals surface area contributed by atoms with E-state index >= 15 is 0 Å². The number of ether oxygens (including phenoxy) is 1. The van der Waals surface area contributed by atoms with Gasteiger partial charge in [0.15, 0.2) is 0 Å². The number of carboxylic acids is 1. The largest absolute Gasteiger partial charge is 0.495 e. The van der Waals surface area contributed by atoms with Crippen molar-refractivity contribution in [3.05, 3.63) is 23.8 Å². The normalized spacial score (nSPS) is 10.4. The first-order valence-corrected chi connectivity index (χ1v) is 5.46. The van der Waals surface area contributed by atoms with E-state index in [0.717, 1.165) is 0 Å². The fraction of sp³-hybridized carbons (Fsp3) is 0.308. The van der Waals surface area contributed by atoms with Gasteiger partial charge in [-0.25, -0.2) is 0 Å². The van der Waals surface area contributed by atoms with Crippen LogP contribution in [0.25, 0.3) is 0 Å². The number of anilines is 1. The molecular formula is C13H14N2O4. The molecule has 6 nitrogen and oxygen atoms in total. The topological polar surface area (TPSA) is 99.4 Å². The molecule has 1 rings (SSSR count). The summed E-state index contributed by atoms with van der Waals surface area (Å²) in [4.78, 5) is 23.0. The van der Waals surface area contributed by atoms with Crippen LogP contribution < -0.4 is 10.1 Å². The zero-order valence-corrected chi connectivity index (χ0v) is 10.9.